The Morgan fingerprint density at radius 1 is 1.25 bits per heavy atom. The first-order valence-corrected chi connectivity index (χ1v) is 8.24. The molecule has 0 bridgehead atoms. The van der Waals surface area contributed by atoms with Crippen molar-refractivity contribution in [3.8, 4) is 0 Å². The van der Waals surface area contributed by atoms with Crippen LogP contribution in [-0.4, -0.2) is 33.8 Å². The molecule has 2 nitrogen and oxygen atoms in total. The lowest BCUT2D eigenvalue weighted by Gasteiger charge is -2.20. The molecule has 0 aliphatic rings. The predicted molar refractivity (Wildman–Crippen MR) is 93.1 cm³/mol. The number of carbonyl (C=O) groups is 1. The van der Waals surface area contributed by atoms with E-state index in [0.29, 0.717) is 6.42 Å². The van der Waals surface area contributed by atoms with E-state index in [4.69, 9.17) is 12.2 Å². The van der Waals surface area contributed by atoms with Gasteiger partial charge in [0.1, 0.15) is 4.32 Å². The van der Waals surface area contributed by atoms with Crippen molar-refractivity contribution in [2.45, 2.75) is 20.3 Å². The molecule has 0 saturated carbocycles. The van der Waals surface area contributed by atoms with Gasteiger partial charge in [0.2, 0.25) is 0 Å². The highest BCUT2D eigenvalue weighted by Gasteiger charge is 2.06. The standard InChI is InChI=1S/C16H21NOS2/c1-3-17(4-2)16(19)20-13-12-15(18)11-10-14-8-6-5-7-9-14/h5-11H,3-4,12-13H2,1-2H3/b11-10+. The Morgan fingerprint density at radius 2 is 1.90 bits per heavy atom. The average Bonchev–Trinajstić information content (AvgIpc) is 2.47. The van der Waals surface area contributed by atoms with Crippen LogP contribution in [0, 0.1) is 0 Å². The Morgan fingerprint density at radius 3 is 2.50 bits per heavy atom. The van der Waals surface area contributed by atoms with Gasteiger partial charge < -0.3 is 4.90 Å². The molecule has 0 spiro atoms. The second-order valence-corrected chi connectivity index (χ2v) is 5.98. The quantitative estimate of drug-likeness (QED) is 0.560. The number of rotatable bonds is 7. The van der Waals surface area contributed by atoms with Gasteiger partial charge in [-0.25, -0.2) is 0 Å². The SMILES string of the molecule is CCN(CC)C(=S)SCCC(=O)/C=C/c1ccccc1. The topological polar surface area (TPSA) is 20.3 Å². The van der Waals surface area contributed by atoms with Crippen LogP contribution in [0.5, 0.6) is 0 Å². The van der Waals surface area contributed by atoms with Crippen LogP contribution in [0.2, 0.25) is 0 Å². The fourth-order valence-corrected chi connectivity index (χ4v) is 3.08. The number of thiocarbonyl (C=S) groups is 1. The zero-order valence-corrected chi connectivity index (χ0v) is 13.7. The van der Waals surface area contributed by atoms with Crippen LogP contribution in [-0.2, 0) is 4.79 Å². The van der Waals surface area contributed by atoms with Crippen LogP contribution in [0.15, 0.2) is 36.4 Å². The molecule has 0 aliphatic heterocycles. The van der Waals surface area contributed by atoms with E-state index < -0.39 is 0 Å². The molecule has 0 atom stereocenters. The highest BCUT2D eigenvalue weighted by molar-refractivity contribution is 8.22. The van der Waals surface area contributed by atoms with E-state index in [-0.39, 0.29) is 5.78 Å². The van der Waals surface area contributed by atoms with Crippen LogP contribution in [0.3, 0.4) is 0 Å². The molecule has 0 heterocycles. The lowest BCUT2D eigenvalue weighted by Crippen LogP contribution is -2.26. The van der Waals surface area contributed by atoms with Gasteiger partial charge in [-0.15, -0.1) is 0 Å². The first kappa shape index (κ1) is 16.9. The number of hydrogen-bond acceptors (Lipinski definition) is 3. The van der Waals surface area contributed by atoms with Crippen molar-refractivity contribution in [3.63, 3.8) is 0 Å². The van der Waals surface area contributed by atoms with E-state index in [1.165, 1.54) is 0 Å². The van der Waals surface area contributed by atoms with E-state index >= 15 is 0 Å². The van der Waals surface area contributed by atoms with Crippen molar-refractivity contribution in [2.75, 3.05) is 18.8 Å². The summed E-state index contributed by atoms with van der Waals surface area (Å²) in [5.41, 5.74) is 1.05. The number of allylic oxidation sites excluding steroid dienone is 1. The minimum Gasteiger partial charge on any atom is -0.358 e. The molecule has 1 rings (SSSR count). The van der Waals surface area contributed by atoms with Gasteiger partial charge in [-0.3, -0.25) is 4.79 Å². The van der Waals surface area contributed by atoms with Crippen LogP contribution in [0.1, 0.15) is 25.8 Å². The van der Waals surface area contributed by atoms with Crippen LogP contribution >= 0.6 is 24.0 Å². The molecule has 0 N–H and O–H groups in total. The van der Waals surface area contributed by atoms with E-state index in [1.54, 1.807) is 17.8 Å². The average molecular weight is 307 g/mol. The maximum atomic E-state index is 11.7. The summed E-state index contributed by atoms with van der Waals surface area (Å²) in [6.07, 6.45) is 4.03. The molecule has 0 amide bonds. The molecule has 0 aliphatic carbocycles. The van der Waals surface area contributed by atoms with E-state index in [0.717, 1.165) is 28.7 Å². The minimum absolute atomic E-state index is 0.142. The lowest BCUT2D eigenvalue weighted by molar-refractivity contribution is -0.114. The van der Waals surface area contributed by atoms with Gasteiger partial charge >= 0.3 is 0 Å². The molecule has 20 heavy (non-hydrogen) atoms. The third-order valence-electron chi connectivity index (χ3n) is 2.86. The summed E-state index contributed by atoms with van der Waals surface area (Å²) in [5, 5.41) is 0. The van der Waals surface area contributed by atoms with Gasteiger partial charge in [0.15, 0.2) is 5.78 Å². The summed E-state index contributed by atoms with van der Waals surface area (Å²) in [6, 6.07) is 9.84. The molecule has 108 valence electrons. The third kappa shape index (κ3) is 6.35. The summed E-state index contributed by atoms with van der Waals surface area (Å²) in [5.74, 6) is 0.886. The normalized spacial score (nSPS) is 10.7. The van der Waals surface area contributed by atoms with Crippen LogP contribution < -0.4 is 0 Å². The molecular weight excluding hydrogens is 286 g/mol. The molecule has 0 unspecified atom stereocenters. The zero-order chi connectivity index (χ0) is 14.8. The largest absolute Gasteiger partial charge is 0.358 e. The highest BCUT2D eigenvalue weighted by atomic mass is 32.2. The Bertz CT molecular complexity index is 453. The van der Waals surface area contributed by atoms with Gasteiger partial charge in [0.25, 0.3) is 0 Å². The monoisotopic (exact) mass is 307 g/mol. The number of nitrogens with zero attached hydrogens (tertiary/aromatic N) is 1. The van der Waals surface area contributed by atoms with Gasteiger partial charge in [0, 0.05) is 25.3 Å². The number of hydrogen-bond donors (Lipinski definition) is 0. The first-order chi connectivity index (χ1) is 9.67. The molecule has 0 aromatic heterocycles. The summed E-state index contributed by atoms with van der Waals surface area (Å²) in [7, 11) is 0. The van der Waals surface area contributed by atoms with Gasteiger partial charge in [-0.05, 0) is 25.5 Å². The lowest BCUT2D eigenvalue weighted by atomic mass is 10.2. The molecule has 0 radical (unpaired) electrons. The van der Waals surface area contributed by atoms with Crippen LogP contribution in [0.25, 0.3) is 6.08 Å². The van der Waals surface area contributed by atoms with Crippen molar-refractivity contribution in [3.05, 3.63) is 42.0 Å². The second kappa shape index (κ2) is 9.72. The van der Waals surface area contributed by atoms with Crippen LogP contribution in [0.4, 0.5) is 0 Å². The van der Waals surface area contributed by atoms with E-state index in [9.17, 15) is 4.79 Å². The van der Waals surface area contributed by atoms with Crippen molar-refractivity contribution in [1.82, 2.24) is 4.90 Å². The Hall–Kier alpha value is -1.13. The Labute approximate surface area is 131 Å². The smallest absolute Gasteiger partial charge is 0.156 e. The maximum absolute atomic E-state index is 11.7. The Kier molecular flexibility index (Phi) is 8.23. The summed E-state index contributed by atoms with van der Waals surface area (Å²) in [4.78, 5) is 13.9. The number of carbonyl (C=O) groups excluding carboxylic acids is 1. The fourth-order valence-electron chi connectivity index (χ4n) is 1.65. The highest BCUT2D eigenvalue weighted by Crippen LogP contribution is 2.11. The number of benzene rings is 1. The summed E-state index contributed by atoms with van der Waals surface area (Å²) >= 11 is 6.91. The fraction of sp³-hybridized carbons (Fsp3) is 0.375. The van der Waals surface area contributed by atoms with Gasteiger partial charge in [-0.2, -0.15) is 0 Å². The first-order valence-electron chi connectivity index (χ1n) is 6.85. The maximum Gasteiger partial charge on any atom is 0.156 e. The zero-order valence-electron chi connectivity index (χ0n) is 12.0. The van der Waals surface area contributed by atoms with Gasteiger partial charge in [0.05, 0.1) is 0 Å². The van der Waals surface area contributed by atoms with E-state index in [1.807, 2.05) is 36.4 Å². The minimum atomic E-state index is 0.142. The number of ketones is 1. The van der Waals surface area contributed by atoms with Crippen molar-refractivity contribution >= 4 is 40.2 Å². The van der Waals surface area contributed by atoms with Crippen molar-refractivity contribution in [1.29, 1.82) is 0 Å². The molecule has 4 heteroatoms. The summed E-state index contributed by atoms with van der Waals surface area (Å²) in [6.45, 7) is 6.02. The summed E-state index contributed by atoms with van der Waals surface area (Å²) < 4.78 is 0.884. The third-order valence-corrected chi connectivity index (χ3v) is 4.38. The van der Waals surface area contributed by atoms with Gasteiger partial charge in [-0.1, -0.05) is 60.4 Å². The number of thioether (sulfide) groups is 1. The molecule has 0 saturated heterocycles. The molecule has 1 aromatic rings. The molecule has 0 fully saturated rings. The van der Waals surface area contributed by atoms with Crippen molar-refractivity contribution in [2.24, 2.45) is 0 Å². The second-order valence-electron chi connectivity index (χ2n) is 4.25. The Balaban J connectivity index is 2.30. The predicted octanol–water partition coefficient (Wildman–Crippen LogP) is 4.02. The van der Waals surface area contributed by atoms with E-state index in [2.05, 4.69) is 18.7 Å². The molecule has 1 aromatic carbocycles. The van der Waals surface area contributed by atoms with Crippen molar-refractivity contribution < 1.29 is 4.79 Å². The molecular formula is C16H21NOS2.